The molecule has 8 heteroatoms. The summed E-state index contributed by atoms with van der Waals surface area (Å²) < 4.78 is 11.2. The second-order valence-electron chi connectivity index (χ2n) is 8.66. The number of nitrogen functional groups attached to an aromatic ring is 2. The second kappa shape index (κ2) is 10.5. The number of para-hydroxylation sites is 1. The summed E-state index contributed by atoms with van der Waals surface area (Å²) in [4.78, 5) is 19.4. The maximum absolute atomic E-state index is 12.8. The van der Waals surface area contributed by atoms with Crippen LogP contribution in [0.4, 0.5) is 5.69 Å². The number of hydrogen-bond donors (Lipinski definition) is 3. The lowest BCUT2D eigenvalue weighted by molar-refractivity contribution is 0.0303. The fourth-order valence-electron chi connectivity index (χ4n) is 4.24. The Balaban J connectivity index is 1.44. The van der Waals surface area contributed by atoms with E-state index >= 15 is 0 Å². The Labute approximate surface area is 215 Å². The van der Waals surface area contributed by atoms with Crippen LogP contribution in [0.2, 0.25) is 0 Å². The Hall–Kier alpha value is -4.69. The van der Waals surface area contributed by atoms with Gasteiger partial charge in [-0.1, -0.05) is 30.3 Å². The number of nitrogens with two attached hydrogens (primary N) is 2. The lowest BCUT2D eigenvalue weighted by Crippen LogP contribution is -2.40. The predicted molar refractivity (Wildman–Crippen MR) is 144 cm³/mol. The van der Waals surface area contributed by atoms with Crippen LogP contribution in [0, 0.1) is 5.41 Å². The third-order valence-corrected chi connectivity index (χ3v) is 6.15. The molecule has 0 aliphatic carbocycles. The van der Waals surface area contributed by atoms with E-state index in [1.54, 1.807) is 23.1 Å². The van der Waals surface area contributed by atoms with Crippen molar-refractivity contribution in [3.63, 3.8) is 0 Å². The van der Waals surface area contributed by atoms with Crippen LogP contribution in [0.5, 0.6) is 11.5 Å². The van der Waals surface area contributed by atoms with Crippen LogP contribution in [0.1, 0.15) is 15.9 Å². The molecule has 3 aromatic carbocycles. The summed E-state index contributed by atoms with van der Waals surface area (Å²) in [6.45, 7) is 2.28. The van der Waals surface area contributed by atoms with E-state index in [0.29, 0.717) is 60.3 Å². The van der Waals surface area contributed by atoms with Crippen LogP contribution in [-0.4, -0.2) is 47.9 Å². The maximum Gasteiger partial charge on any atom is 0.254 e. The van der Waals surface area contributed by atoms with E-state index in [4.69, 9.17) is 31.3 Å². The van der Waals surface area contributed by atoms with E-state index in [-0.39, 0.29) is 11.7 Å². The van der Waals surface area contributed by atoms with Crippen molar-refractivity contribution < 1.29 is 14.3 Å². The minimum atomic E-state index is -0.164. The van der Waals surface area contributed by atoms with Crippen molar-refractivity contribution in [1.29, 1.82) is 5.41 Å². The minimum Gasteiger partial charge on any atom is -0.457 e. The van der Waals surface area contributed by atoms with Crippen molar-refractivity contribution >= 4 is 17.4 Å². The standard InChI is InChI=1S/C29H27N5O3/c30-24-18-25(19-6-8-21(9-7-19)29(35)34-14-16-36-17-15-34)33-27(26(24)28(31)32)20-10-12-23(13-11-20)37-22-4-2-1-3-5-22/h1-13,18H,14-17H2,(H2,30,33)(H3,31,32). The van der Waals surface area contributed by atoms with Gasteiger partial charge in [0.25, 0.3) is 5.91 Å². The number of amides is 1. The molecule has 0 bridgehead atoms. The van der Waals surface area contributed by atoms with Crippen molar-refractivity contribution in [1.82, 2.24) is 9.88 Å². The molecule has 37 heavy (non-hydrogen) atoms. The third kappa shape index (κ3) is 5.29. The summed E-state index contributed by atoms with van der Waals surface area (Å²) in [5, 5.41) is 8.09. The number of aromatic nitrogens is 1. The molecule has 0 saturated carbocycles. The van der Waals surface area contributed by atoms with Gasteiger partial charge in [-0.15, -0.1) is 0 Å². The summed E-state index contributed by atoms with van der Waals surface area (Å²) in [7, 11) is 0. The summed E-state index contributed by atoms with van der Waals surface area (Å²) in [5.74, 6) is 1.22. The molecule has 186 valence electrons. The number of carbonyl (C=O) groups is 1. The number of morpholine rings is 1. The van der Waals surface area contributed by atoms with Gasteiger partial charge in [0.2, 0.25) is 0 Å². The number of nitrogens with zero attached hydrogens (tertiary/aromatic N) is 2. The zero-order valence-electron chi connectivity index (χ0n) is 20.2. The molecular formula is C29H27N5O3. The Bertz CT molecular complexity index is 1410. The van der Waals surface area contributed by atoms with E-state index in [9.17, 15) is 4.79 Å². The number of amidine groups is 1. The lowest BCUT2D eigenvalue weighted by atomic mass is 10.00. The smallest absolute Gasteiger partial charge is 0.254 e. The molecule has 1 aromatic heterocycles. The number of nitrogens with one attached hydrogen (secondary N) is 1. The highest BCUT2D eigenvalue weighted by molar-refractivity contribution is 6.06. The van der Waals surface area contributed by atoms with Crippen LogP contribution < -0.4 is 16.2 Å². The molecule has 5 N–H and O–H groups in total. The van der Waals surface area contributed by atoms with Gasteiger partial charge in [-0.3, -0.25) is 10.2 Å². The fraction of sp³-hybridized carbons (Fsp3) is 0.138. The molecule has 0 atom stereocenters. The van der Waals surface area contributed by atoms with Crippen molar-refractivity contribution in [2.24, 2.45) is 5.73 Å². The lowest BCUT2D eigenvalue weighted by Gasteiger charge is -2.26. The van der Waals surface area contributed by atoms with Gasteiger partial charge in [-0.05, 0) is 54.6 Å². The van der Waals surface area contributed by atoms with Crippen LogP contribution in [0.15, 0.2) is 84.9 Å². The Kier molecular flexibility index (Phi) is 6.83. The number of anilines is 1. The van der Waals surface area contributed by atoms with E-state index in [1.807, 2.05) is 66.7 Å². The zero-order chi connectivity index (χ0) is 25.8. The molecule has 1 fully saturated rings. The average molecular weight is 494 g/mol. The number of hydrogen-bond acceptors (Lipinski definition) is 6. The van der Waals surface area contributed by atoms with Crippen molar-refractivity contribution in [2.75, 3.05) is 32.0 Å². The maximum atomic E-state index is 12.8. The van der Waals surface area contributed by atoms with Gasteiger partial charge in [0.1, 0.15) is 17.3 Å². The zero-order valence-corrected chi connectivity index (χ0v) is 20.2. The highest BCUT2D eigenvalue weighted by atomic mass is 16.5. The SMILES string of the molecule is N=C(N)c1c(N)cc(-c2ccc(C(=O)N3CCOCC3)cc2)nc1-c1ccc(Oc2ccccc2)cc1. The Morgan fingerprint density at radius 3 is 2.16 bits per heavy atom. The van der Waals surface area contributed by atoms with Gasteiger partial charge in [0.15, 0.2) is 0 Å². The van der Waals surface area contributed by atoms with Crippen LogP contribution >= 0.6 is 0 Å². The van der Waals surface area contributed by atoms with E-state index < -0.39 is 0 Å². The highest BCUT2D eigenvalue weighted by Crippen LogP contribution is 2.32. The average Bonchev–Trinajstić information content (AvgIpc) is 2.93. The molecule has 8 nitrogen and oxygen atoms in total. The number of benzene rings is 3. The normalized spacial score (nSPS) is 13.2. The molecule has 5 rings (SSSR count). The first-order valence-corrected chi connectivity index (χ1v) is 12.0. The number of pyridine rings is 1. The van der Waals surface area contributed by atoms with E-state index in [1.165, 1.54) is 0 Å². The van der Waals surface area contributed by atoms with Crippen LogP contribution in [-0.2, 0) is 4.74 Å². The summed E-state index contributed by atoms with van der Waals surface area (Å²) in [5.41, 5.74) is 16.2. The number of rotatable bonds is 6. The molecule has 0 unspecified atom stereocenters. The quantitative estimate of drug-likeness (QED) is 0.267. The van der Waals surface area contributed by atoms with Crippen molar-refractivity contribution in [3.8, 4) is 34.0 Å². The summed E-state index contributed by atoms with van der Waals surface area (Å²) in [6, 6.07) is 25.9. The first-order chi connectivity index (χ1) is 18.0. The van der Waals surface area contributed by atoms with Gasteiger partial charge in [0.05, 0.1) is 30.2 Å². The third-order valence-electron chi connectivity index (χ3n) is 6.15. The Morgan fingerprint density at radius 2 is 1.51 bits per heavy atom. The predicted octanol–water partition coefficient (Wildman–Crippen LogP) is 4.55. The topological polar surface area (TPSA) is 128 Å². The molecule has 0 spiro atoms. The van der Waals surface area contributed by atoms with Gasteiger partial charge in [-0.25, -0.2) is 4.98 Å². The van der Waals surface area contributed by atoms with E-state index in [0.717, 1.165) is 16.9 Å². The molecular weight excluding hydrogens is 466 g/mol. The van der Waals surface area contributed by atoms with Gasteiger partial charge in [-0.2, -0.15) is 0 Å². The van der Waals surface area contributed by atoms with Crippen molar-refractivity contribution in [2.45, 2.75) is 0 Å². The molecule has 0 radical (unpaired) electrons. The van der Waals surface area contributed by atoms with E-state index in [2.05, 4.69) is 0 Å². The van der Waals surface area contributed by atoms with Gasteiger partial charge < -0.3 is 25.8 Å². The first-order valence-electron chi connectivity index (χ1n) is 12.0. The first kappa shape index (κ1) is 24.0. The van der Waals surface area contributed by atoms with Crippen molar-refractivity contribution in [3.05, 3.63) is 96.1 Å². The molecule has 1 aliphatic rings. The van der Waals surface area contributed by atoms with Crippen LogP contribution in [0.3, 0.4) is 0 Å². The number of ether oxygens (including phenoxy) is 2. The molecule has 1 amide bonds. The molecule has 1 saturated heterocycles. The van der Waals surface area contributed by atoms with Gasteiger partial charge >= 0.3 is 0 Å². The molecule has 4 aromatic rings. The van der Waals surface area contributed by atoms with Crippen LogP contribution in [0.25, 0.3) is 22.5 Å². The Morgan fingerprint density at radius 1 is 0.892 bits per heavy atom. The molecule has 2 heterocycles. The largest absolute Gasteiger partial charge is 0.457 e. The minimum absolute atomic E-state index is 0.0206. The number of carbonyl (C=O) groups excluding carboxylic acids is 1. The summed E-state index contributed by atoms with van der Waals surface area (Å²) in [6.07, 6.45) is 0. The monoisotopic (exact) mass is 493 g/mol. The fourth-order valence-corrected chi connectivity index (χ4v) is 4.24. The van der Waals surface area contributed by atoms with Gasteiger partial charge in [0, 0.05) is 35.5 Å². The molecule has 1 aliphatic heterocycles. The second-order valence-corrected chi connectivity index (χ2v) is 8.66. The summed E-state index contributed by atoms with van der Waals surface area (Å²) >= 11 is 0. The highest BCUT2D eigenvalue weighted by Gasteiger charge is 2.20.